The van der Waals surface area contributed by atoms with Crippen LogP contribution in [-0.4, -0.2) is 28.5 Å². The topological polar surface area (TPSA) is 66.9 Å². The van der Waals surface area contributed by atoms with Gasteiger partial charge in [-0.05, 0) is 38.3 Å². The Balaban J connectivity index is 1.84. The van der Waals surface area contributed by atoms with E-state index in [0.717, 1.165) is 30.9 Å². The molecule has 1 aliphatic rings. The number of aryl methyl sites for hydroxylation is 1. The maximum atomic E-state index is 12.1. The van der Waals surface area contributed by atoms with Gasteiger partial charge in [-0.3, -0.25) is 4.79 Å². The van der Waals surface area contributed by atoms with Crippen LogP contribution in [0, 0.1) is 12.8 Å². The Morgan fingerprint density at radius 3 is 3.16 bits per heavy atom. The molecule has 0 aliphatic carbocycles. The van der Waals surface area contributed by atoms with Gasteiger partial charge in [0, 0.05) is 6.20 Å². The highest BCUT2D eigenvalue weighted by Crippen LogP contribution is 2.19. The van der Waals surface area contributed by atoms with Crippen LogP contribution in [-0.2, 0) is 11.3 Å². The Bertz CT molecular complexity index is 435. The summed E-state index contributed by atoms with van der Waals surface area (Å²) in [6, 6.07) is 1.78. The molecule has 1 fully saturated rings. The predicted octanol–water partition coefficient (Wildman–Crippen LogP) is 1.18. The molecular weight excluding hydrogens is 240 g/mol. The van der Waals surface area contributed by atoms with Crippen LogP contribution in [0.25, 0.3) is 0 Å². The lowest BCUT2D eigenvalue weighted by molar-refractivity contribution is -0.124. The van der Waals surface area contributed by atoms with E-state index in [1.807, 2.05) is 13.0 Å². The lowest BCUT2D eigenvalue weighted by atomic mass is 9.90. The SMILES string of the molecule is CCC1CCNC(C(=O)NCc2ccnc(C)n2)C1. The van der Waals surface area contributed by atoms with Crippen LogP contribution in [0.3, 0.4) is 0 Å². The molecule has 0 spiro atoms. The molecule has 0 saturated carbocycles. The molecule has 5 nitrogen and oxygen atoms in total. The van der Waals surface area contributed by atoms with Gasteiger partial charge in [0.05, 0.1) is 18.3 Å². The summed E-state index contributed by atoms with van der Waals surface area (Å²) in [5.41, 5.74) is 0.851. The first-order chi connectivity index (χ1) is 9.19. The van der Waals surface area contributed by atoms with Gasteiger partial charge in [0.1, 0.15) is 5.82 Å². The lowest BCUT2D eigenvalue weighted by Crippen LogP contribution is -2.48. The summed E-state index contributed by atoms with van der Waals surface area (Å²) >= 11 is 0. The highest BCUT2D eigenvalue weighted by molar-refractivity contribution is 5.81. The summed E-state index contributed by atoms with van der Waals surface area (Å²) in [4.78, 5) is 20.4. The average Bonchev–Trinajstić information content (AvgIpc) is 2.45. The number of rotatable bonds is 4. The number of carbonyl (C=O) groups is 1. The van der Waals surface area contributed by atoms with Crippen molar-refractivity contribution in [1.29, 1.82) is 0 Å². The van der Waals surface area contributed by atoms with Gasteiger partial charge < -0.3 is 10.6 Å². The molecule has 19 heavy (non-hydrogen) atoms. The summed E-state index contributed by atoms with van der Waals surface area (Å²) in [6.07, 6.45) is 4.98. The van der Waals surface area contributed by atoms with Crippen molar-refractivity contribution in [1.82, 2.24) is 20.6 Å². The smallest absolute Gasteiger partial charge is 0.237 e. The van der Waals surface area contributed by atoms with E-state index in [9.17, 15) is 4.79 Å². The Hall–Kier alpha value is -1.49. The molecule has 0 radical (unpaired) electrons. The number of carbonyl (C=O) groups excluding carboxylic acids is 1. The number of hydrogen-bond donors (Lipinski definition) is 2. The van der Waals surface area contributed by atoms with Gasteiger partial charge in [-0.25, -0.2) is 9.97 Å². The summed E-state index contributed by atoms with van der Waals surface area (Å²) in [5.74, 6) is 1.47. The minimum Gasteiger partial charge on any atom is -0.349 e. The molecule has 1 aromatic rings. The minimum atomic E-state index is -0.0540. The van der Waals surface area contributed by atoms with Crippen molar-refractivity contribution in [3.05, 3.63) is 23.8 Å². The van der Waals surface area contributed by atoms with E-state index in [0.29, 0.717) is 12.5 Å². The number of hydrogen-bond acceptors (Lipinski definition) is 4. The molecule has 1 saturated heterocycles. The van der Waals surface area contributed by atoms with Crippen LogP contribution in [0.5, 0.6) is 0 Å². The zero-order valence-corrected chi connectivity index (χ0v) is 11.6. The standard InChI is InChI=1S/C14H22N4O/c1-3-11-4-6-16-13(8-11)14(19)17-9-12-5-7-15-10(2)18-12/h5,7,11,13,16H,3-4,6,8-9H2,1-2H3,(H,17,19). The van der Waals surface area contributed by atoms with Gasteiger partial charge >= 0.3 is 0 Å². The van der Waals surface area contributed by atoms with Crippen molar-refractivity contribution in [3.8, 4) is 0 Å². The Morgan fingerprint density at radius 2 is 2.42 bits per heavy atom. The van der Waals surface area contributed by atoms with E-state index in [1.165, 1.54) is 6.42 Å². The second-order valence-corrected chi connectivity index (χ2v) is 5.12. The first-order valence-electron chi connectivity index (χ1n) is 6.98. The number of aromatic nitrogens is 2. The summed E-state index contributed by atoms with van der Waals surface area (Å²) in [7, 11) is 0. The fourth-order valence-electron chi connectivity index (χ4n) is 2.47. The number of piperidine rings is 1. The summed E-state index contributed by atoms with van der Waals surface area (Å²) < 4.78 is 0. The first kappa shape index (κ1) is 13.9. The molecule has 1 aliphatic heterocycles. The maximum Gasteiger partial charge on any atom is 0.237 e. The van der Waals surface area contributed by atoms with Gasteiger partial charge in [0.2, 0.25) is 5.91 Å². The maximum absolute atomic E-state index is 12.1. The van der Waals surface area contributed by atoms with E-state index in [2.05, 4.69) is 27.5 Å². The average molecular weight is 262 g/mol. The molecule has 2 heterocycles. The fourth-order valence-corrected chi connectivity index (χ4v) is 2.47. The third-order valence-electron chi connectivity index (χ3n) is 3.68. The summed E-state index contributed by atoms with van der Waals surface area (Å²) in [6.45, 7) is 5.44. The van der Waals surface area contributed by atoms with E-state index in [1.54, 1.807) is 6.20 Å². The van der Waals surface area contributed by atoms with Crippen LogP contribution in [0.4, 0.5) is 0 Å². The van der Waals surface area contributed by atoms with Gasteiger partial charge in [0.15, 0.2) is 0 Å². The molecule has 104 valence electrons. The van der Waals surface area contributed by atoms with E-state index >= 15 is 0 Å². The second kappa shape index (κ2) is 6.61. The van der Waals surface area contributed by atoms with Crippen LogP contribution in [0.2, 0.25) is 0 Å². The predicted molar refractivity (Wildman–Crippen MR) is 73.4 cm³/mol. The van der Waals surface area contributed by atoms with Gasteiger partial charge in [0.25, 0.3) is 0 Å². The molecule has 2 atom stereocenters. The van der Waals surface area contributed by atoms with E-state index in [-0.39, 0.29) is 11.9 Å². The van der Waals surface area contributed by atoms with E-state index in [4.69, 9.17) is 0 Å². The first-order valence-corrected chi connectivity index (χ1v) is 6.98. The number of nitrogens with one attached hydrogen (secondary N) is 2. The monoisotopic (exact) mass is 262 g/mol. The molecule has 2 rings (SSSR count). The molecule has 2 N–H and O–H groups in total. The van der Waals surface area contributed by atoms with Crippen molar-refractivity contribution >= 4 is 5.91 Å². The van der Waals surface area contributed by atoms with Crippen LogP contribution < -0.4 is 10.6 Å². The molecule has 1 aromatic heterocycles. The third-order valence-corrected chi connectivity index (χ3v) is 3.68. The third kappa shape index (κ3) is 3.99. The largest absolute Gasteiger partial charge is 0.349 e. The molecular formula is C14H22N4O. The Kier molecular flexibility index (Phi) is 4.85. The van der Waals surface area contributed by atoms with Gasteiger partial charge in [-0.15, -0.1) is 0 Å². The molecule has 1 amide bonds. The highest BCUT2D eigenvalue weighted by Gasteiger charge is 2.25. The van der Waals surface area contributed by atoms with Crippen LogP contribution in [0.15, 0.2) is 12.3 Å². The van der Waals surface area contributed by atoms with Crippen molar-refractivity contribution < 1.29 is 4.79 Å². The van der Waals surface area contributed by atoms with Crippen molar-refractivity contribution in [2.24, 2.45) is 5.92 Å². The molecule has 2 unspecified atom stereocenters. The van der Waals surface area contributed by atoms with Crippen LogP contribution in [0.1, 0.15) is 37.7 Å². The normalized spacial score (nSPS) is 23.1. The molecule has 5 heteroatoms. The minimum absolute atomic E-state index is 0.0540. The Labute approximate surface area is 114 Å². The van der Waals surface area contributed by atoms with Crippen molar-refractivity contribution in [2.75, 3.05) is 6.54 Å². The molecule has 0 bridgehead atoms. The van der Waals surface area contributed by atoms with Crippen LogP contribution >= 0.6 is 0 Å². The quantitative estimate of drug-likeness (QED) is 0.855. The van der Waals surface area contributed by atoms with Gasteiger partial charge in [-0.2, -0.15) is 0 Å². The zero-order valence-electron chi connectivity index (χ0n) is 11.6. The number of amides is 1. The lowest BCUT2D eigenvalue weighted by Gasteiger charge is -2.28. The van der Waals surface area contributed by atoms with E-state index < -0.39 is 0 Å². The number of nitrogens with zero attached hydrogens (tertiary/aromatic N) is 2. The highest BCUT2D eigenvalue weighted by atomic mass is 16.2. The molecule has 0 aromatic carbocycles. The second-order valence-electron chi connectivity index (χ2n) is 5.12. The van der Waals surface area contributed by atoms with Gasteiger partial charge in [-0.1, -0.05) is 13.3 Å². The van der Waals surface area contributed by atoms with Crippen molar-refractivity contribution in [2.45, 2.75) is 45.7 Å². The fraction of sp³-hybridized carbons (Fsp3) is 0.643. The zero-order chi connectivity index (χ0) is 13.7. The Morgan fingerprint density at radius 1 is 1.58 bits per heavy atom. The summed E-state index contributed by atoms with van der Waals surface area (Å²) in [5, 5.41) is 6.23. The van der Waals surface area contributed by atoms with Crippen molar-refractivity contribution in [3.63, 3.8) is 0 Å².